The topological polar surface area (TPSA) is 21.1 Å². The van der Waals surface area contributed by atoms with E-state index in [1.54, 1.807) is 0 Å². The van der Waals surface area contributed by atoms with Crippen molar-refractivity contribution in [2.24, 2.45) is 0 Å². The summed E-state index contributed by atoms with van der Waals surface area (Å²) in [4.78, 5) is 2.91. The molecular weight excluding hydrogens is 278 g/mol. The van der Waals surface area contributed by atoms with Crippen molar-refractivity contribution in [2.45, 2.75) is 51.0 Å². The van der Waals surface area contributed by atoms with Gasteiger partial charge in [-0.25, -0.2) is 0 Å². The van der Waals surface area contributed by atoms with Gasteiger partial charge in [0, 0.05) is 23.6 Å². The van der Waals surface area contributed by atoms with Gasteiger partial charge < -0.3 is 4.90 Å². The molecular formula is C13H24BrN3. The van der Waals surface area contributed by atoms with Crippen molar-refractivity contribution >= 4 is 15.9 Å². The average molecular weight is 302 g/mol. The quantitative estimate of drug-likeness (QED) is 0.719. The summed E-state index contributed by atoms with van der Waals surface area (Å²) in [6, 6.07) is 2.62. The molecule has 0 fully saturated rings. The molecule has 2 atom stereocenters. The molecule has 1 aromatic rings. The fraction of sp³-hybridized carbons (Fsp3) is 0.769. The van der Waals surface area contributed by atoms with Crippen LogP contribution in [0.4, 0.5) is 0 Å². The van der Waals surface area contributed by atoms with Crippen molar-refractivity contribution in [1.29, 1.82) is 0 Å². The van der Waals surface area contributed by atoms with Crippen molar-refractivity contribution in [3.05, 3.63) is 18.0 Å². The van der Waals surface area contributed by atoms with Crippen LogP contribution < -0.4 is 0 Å². The lowest BCUT2D eigenvalue weighted by Crippen LogP contribution is -2.21. The van der Waals surface area contributed by atoms with Crippen molar-refractivity contribution in [3.63, 3.8) is 0 Å². The van der Waals surface area contributed by atoms with Crippen LogP contribution in [0.3, 0.4) is 0 Å². The van der Waals surface area contributed by atoms with Crippen molar-refractivity contribution in [3.8, 4) is 0 Å². The molecule has 17 heavy (non-hydrogen) atoms. The number of alkyl halides is 1. The zero-order valence-electron chi connectivity index (χ0n) is 11.4. The number of aromatic nitrogens is 2. The highest BCUT2D eigenvalue weighted by atomic mass is 79.9. The Morgan fingerprint density at radius 1 is 1.47 bits per heavy atom. The third-order valence-electron chi connectivity index (χ3n) is 3.05. The molecule has 0 aliphatic rings. The second-order valence-electron chi connectivity index (χ2n) is 4.85. The Kier molecular flexibility index (Phi) is 6.20. The fourth-order valence-corrected chi connectivity index (χ4v) is 1.85. The first kappa shape index (κ1) is 14.7. The van der Waals surface area contributed by atoms with E-state index >= 15 is 0 Å². The first-order chi connectivity index (χ1) is 8.02. The molecule has 0 radical (unpaired) electrons. The van der Waals surface area contributed by atoms with Gasteiger partial charge in [-0.1, -0.05) is 29.8 Å². The molecule has 3 nitrogen and oxygen atoms in total. The van der Waals surface area contributed by atoms with Crippen molar-refractivity contribution in [2.75, 3.05) is 13.6 Å². The molecule has 0 saturated heterocycles. The molecule has 4 heteroatoms. The maximum atomic E-state index is 4.61. The van der Waals surface area contributed by atoms with Gasteiger partial charge in [0.1, 0.15) is 0 Å². The summed E-state index contributed by atoms with van der Waals surface area (Å²) >= 11 is 3.57. The number of hydrogen-bond donors (Lipinski definition) is 0. The zero-order chi connectivity index (χ0) is 12.8. The summed E-state index contributed by atoms with van der Waals surface area (Å²) in [5.74, 6) is 0. The zero-order valence-corrected chi connectivity index (χ0v) is 12.9. The molecule has 0 spiro atoms. The summed E-state index contributed by atoms with van der Waals surface area (Å²) in [6.07, 6.45) is 4.38. The minimum atomic E-state index is 0.497. The third kappa shape index (κ3) is 5.21. The van der Waals surface area contributed by atoms with Gasteiger partial charge in [0.25, 0.3) is 0 Å². The fourth-order valence-electron chi connectivity index (χ4n) is 1.65. The Balaban J connectivity index is 2.43. The second kappa shape index (κ2) is 7.17. The molecule has 0 amide bonds. The lowest BCUT2D eigenvalue weighted by molar-refractivity contribution is 0.316. The van der Waals surface area contributed by atoms with Gasteiger partial charge in [0.15, 0.2) is 0 Å². The van der Waals surface area contributed by atoms with Gasteiger partial charge in [0.05, 0.1) is 5.69 Å². The van der Waals surface area contributed by atoms with E-state index in [2.05, 4.69) is 70.7 Å². The smallest absolute Gasteiger partial charge is 0.0764 e. The summed E-state index contributed by atoms with van der Waals surface area (Å²) < 4.78 is 2.07. The highest BCUT2D eigenvalue weighted by molar-refractivity contribution is 9.09. The minimum absolute atomic E-state index is 0.497. The van der Waals surface area contributed by atoms with Gasteiger partial charge in [-0.15, -0.1) is 0 Å². The molecule has 0 N–H and O–H groups in total. The highest BCUT2D eigenvalue weighted by Crippen LogP contribution is 2.11. The number of rotatable bonds is 7. The molecule has 1 heterocycles. The Morgan fingerprint density at radius 3 is 2.76 bits per heavy atom. The average Bonchev–Trinajstić information content (AvgIpc) is 2.73. The molecule has 0 bridgehead atoms. The van der Waals surface area contributed by atoms with Crippen LogP contribution in [0.15, 0.2) is 12.3 Å². The van der Waals surface area contributed by atoms with E-state index in [1.807, 2.05) is 0 Å². The molecule has 0 saturated carbocycles. The van der Waals surface area contributed by atoms with Crippen LogP contribution in [0, 0.1) is 0 Å². The van der Waals surface area contributed by atoms with Gasteiger partial charge in [-0.3, -0.25) is 4.68 Å². The standard InChI is InChI=1S/C13H24BrN3/c1-5-12(3)17-9-7-13(15-17)10-16(4)8-6-11(2)14/h7,9,11-12H,5-6,8,10H2,1-4H3. The SMILES string of the molecule is CCC(C)n1ccc(CN(C)CCC(C)Br)n1. The van der Waals surface area contributed by atoms with Gasteiger partial charge in [0.2, 0.25) is 0 Å². The van der Waals surface area contributed by atoms with Crippen LogP contribution in [0.2, 0.25) is 0 Å². The molecule has 0 aliphatic heterocycles. The Morgan fingerprint density at radius 2 is 2.18 bits per heavy atom. The summed E-state index contributed by atoms with van der Waals surface area (Å²) in [5, 5.41) is 4.61. The number of nitrogens with zero attached hydrogens (tertiary/aromatic N) is 3. The Hall–Kier alpha value is -0.350. The van der Waals surface area contributed by atoms with Crippen LogP contribution in [0.5, 0.6) is 0 Å². The Bertz CT molecular complexity index is 322. The Labute approximate surface area is 113 Å². The molecule has 0 aromatic carbocycles. The predicted molar refractivity (Wildman–Crippen MR) is 76.6 cm³/mol. The lowest BCUT2D eigenvalue weighted by Gasteiger charge is -2.16. The first-order valence-corrected chi connectivity index (χ1v) is 7.31. The molecule has 2 unspecified atom stereocenters. The van der Waals surface area contributed by atoms with E-state index in [0.29, 0.717) is 10.9 Å². The monoisotopic (exact) mass is 301 g/mol. The number of halogens is 1. The van der Waals surface area contributed by atoms with Crippen LogP contribution >= 0.6 is 15.9 Å². The summed E-state index contributed by atoms with van der Waals surface area (Å²) in [5.41, 5.74) is 1.16. The maximum absolute atomic E-state index is 4.61. The largest absolute Gasteiger partial charge is 0.300 e. The van der Waals surface area contributed by atoms with E-state index in [9.17, 15) is 0 Å². The van der Waals surface area contributed by atoms with Crippen molar-refractivity contribution in [1.82, 2.24) is 14.7 Å². The van der Waals surface area contributed by atoms with E-state index in [1.165, 1.54) is 6.42 Å². The van der Waals surface area contributed by atoms with E-state index in [4.69, 9.17) is 0 Å². The first-order valence-electron chi connectivity index (χ1n) is 6.39. The van der Waals surface area contributed by atoms with E-state index < -0.39 is 0 Å². The highest BCUT2D eigenvalue weighted by Gasteiger charge is 2.07. The third-order valence-corrected chi connectivity index (χ3v) is 3.50. The summed E-state index contributed by atoms with van der Waals surface area (Å²) in [6.45, 7) is 8.61. The molecule has 0 aliphatic carbocycles. The van der Waals surface area contributed by atoms with Gasteiger partial charge in [-0.2, -0.15) is 5.10 Å². The minimum Gasteiger partial charge on any atom is -0.300 e. The van der Waals surface area contributed by atoms with Crippen LogP contribution in [0.1, 0.15) is 45.3 Å². The lowest BCUT2D eigenvalue weighted by atomic mass is 10.3. The molecule has 98 valence electrons. The molecule has 1 aromatic heterocycles. The predicted octanol–water partition coefficient (Wildman–Crippen LogP) is 3.46. The normalized spacial score (nSPS) is 15.2. The maximum Gasteiger partial charge on any atom is 0.0764 e. The van der Waals surface area contributed by atoms with E-state index in [-0.39, 0.29) is 0 Å². The van der Waals surface area contributed by atoms with E-state index in [0.717, 1.165) is 25.2 Å². The number of hydrogen-bond acceptors (Lipinski definition) is 2. The van der Waals surface area contributed by atoms with Gasteiger partial charge >= 0.3 is 0 Å². The van der Waals surface area contributed by atoms with Crippen LogP contribution in [-0.2, 0) is 6.54 Å². The molecule has 1 rings (SSSR count). The summed E-state index contributed by atoms with van der Waals surface area (Å²) in [7, 11) is 2.15. The second-order valence-corrected chi connectivity index (χ2v) is 6.41. The van der Waals surface area contributed by atoms with Gasteiger partial charge in [-0.05, 0) is 39.4 Å². The van der Waals surface area contributed by atoms with Crippen LogP contribution in [0.25, 0.3) is 0 Å². The van der Waals surface area contributed by atoms with Crippen molar-refractivity contribution < 1.29 is 0 Å². The van der Waals surface area contributed by atoms with Crippen LogP contribution in [-0.4, -0.2) is 33.1 Å².